The van der Waals surface area contributed by atoms with Crippen molar-refractivity contribution in [2.24, 2.45) is 0 Å². The van der Waals surface area contributed by atoms with Crippen LogP contribution >= 0.6 is 46.1 Å². The van der Waals surface area contributed by atoms with Crippen LogP contribution in [-0.4, -0.2) is 29.8 Å². The molecule has 0 aliphatic rings. The highest BCUT2D eigenvalue weighted by Crippen LogP contribution is 2.31. The molecular formula is C11H14Cl3NOS. The minimum atomic E-state index is -0.0905. The number of rotatable bonds is 6. The molecule has 2 nitrogen and oxygen atoms in total. The normalized spacial score (nSPS) is 10.6. The van der Waals surface area contributed by atoms with Gasteiger partial charge in [0, 0.05) is 19.0 Å². The van der Waals surface area contributed by atoms with Crippen LogP contribution in [0.3, 0.4) is 0 Å². The summed E-state index contributed by atoms with van der Waals surface area (Å²) in [6.45, 7) is 3.31. The number of hydrogen-bond acceptors (Lipinski definition) is 2. The summed E-state index contributed by atoms with van der Waals surface area (Å²) < 4.78 is 0.968. The summed E-state index contributed by atoms with van der Waals surface area (Å²) in [5, 5.41) is 0. The van der Waals surface area contributed by atoms with Crippen molar-refractivity contribution in [2.45, 2.75) is 19.8 Å². The summed E-state index contributed by atoms with van der Waals surface area (Å²) in [5.41, 5.74) is 0.475. The molecule has 0 atom stereocenters. The van der Waals surface area contributed by atoms with Gasteiger partial charge in [-0.05, 0) is 12.5 Å². The Labute approximate surface area is 120 Å². The largest absolute Gasteiger partial charge is 0.337 e. The highest BCUT2D eigenvalue weighted by atomic mass is 35.5. The number of hydrogen-bond donors (Lipinski definition) is 0. The van der Waals surface area contributed by atoms with E-state index in [0.29, 0.717) is 33.2 Å². The molecule has 1 aromatic rings. The van der Waals surface area contributed by atoms with Gasteiger partial charge in [-0.2, -0.15) is 0 Å². The minimum Gasteiger partial charge on any atom is -0.337 e. The maximum absolute atomic E-state index is 12.2. The van der Waals surface area contributed by atoms with Gasteiger partial charge in [-0.3, -0.25) is 4.79 Å². The zero-order valence-electron chi connectivity index (χ0n) is 9.51. The lowest BCUT2D eigenvalue weighted by Crippen LogP contribution is -2.33. The number of alkyl halides is 1. The van der Waals surface area contributed by atoms with E-state index >= 15 is 0 Å². The number of nitrogens with zero attached hydrogens (tertiary/aromatic N) is 1. The highest BCUT2D eigenvalue weighted by molar-refractivity contribution is 7.20. The fourth-order valence-electron chi connectivity index (χ4n) is 1.42. The van der Waals surface area contributed by atoms with Gasteiger partial charge in [-0.15, -0.1) is 22.9 Å². The maximum atomic E-state index is 12.2. The van der Waals surface area contributed by atoms with E-state index in [-0.39, 0.29) is 5.91 Å². The van der Waals surface area contributed by atoms with E-state index in [4.69, 9.17) is 34.8 Å². The first-order valence-corrected chi connectivity index (χ1v) is 7.51. The Morgan fingerprint density at radius 2 is 2.12 bits per heavy atom. The second-order valence-electron chi connectivity index (χ2n) is 3.57. The standard InChI is InChI=1S/C11H14Cl3NOS/c1-2-3-5-15(6-4-12)11(16)8-7-9(13)17-10(8)14/h7H,2-6H2,1H3. The zero-order chi connectivity index (χ0) is 12.8. The summed E-state index contributed by atoms with van der Waals surface area (Å²) in [5.74, 6) is 0.331. The van der Waals surface area contributed by atoms with Crippen molar-refractivity contribution in [2.75, 3.05) is 19.0 Å². The molecule has 0 aromatic carbocycles. The molecule has 0 radical (unpaired) electrons. The number of amides is 1. The van der Waals surface area contributed by atoms with Gasteiger partial charge in [-0.25, -0.2) is 0 Å². The Morgan fingerprint density at radius 3 is 2.59 bits per heavy atom. The van der Waals surface area contributed by atoms with E-state index < -0.39 is 0 Å². The lowest BCUT2D eigenvalue weighted by atomic mass is 10.2. The molecule has 1 amide bonds. The Morgan fingerprint density at radius 1 is 1.41 bits per heavy atom. The monoisotopic (exact) mass is 313 g/mol. The van der Waals surface area contributed by atoms with Crippen LogP contribution in [0.5, 0.6) is 0 Å². The Kier molecular flexibility index (Phi) is 6.63. The van der Waals surface area contributed by atoms with Crippen LogP contribution < -0.4 is 0 Å². The third-order valence-corrected chi connectivity index (χ3v) is 3.97. The summed E-state index contributed by atoms with van der Waals surface area (Å²) in [6, 6.07) is 1.62. The van der Waals surface area contributed by atoms with E-state index in [0.717, 1.165) is 12.8 Å². The quantitative estimate of drug-likeness (QED) is 0.706. The lowest BCUT2D eigenvalue weighted by molar-refractivity contribution is 0.0764. The topological polar surface area (TPSA) is 20.3 Å². The molecule has 17 heavy (non-hydrogen) atoms. The molecule has 0 fully saturated rings. The van der Waals surface area contributed by atoms with Crippen LogP contribution in [0.15, 0.2) is 6.07 Å². The molecule has 1 rings (SSSR count). The van der Waals surface area contributed by atoms with Crippen LogP contribution in [0.4, 0.5) is 0 Å². The zero-order valence-corrected chi connectivity index (χ0v) is 12.6. The van der Waals surface area contributed by atoms with Crippen LogP contribution in [0.1, 0.15) is 30.1 Å². The molecule has 0 saturated carbocycles. The molecule has 0 aliphatic heterocycles. The van der Waals surface area contributed by atoms with Gasteiger partial charge in [0.25, 0.3) is 5.91 Å². The van der Waals surface area contributed by atoms with Gasteiger partial charge in [0.15, 0.2) is 0 Å². The molecular weight excluding hydrogens is 301 g/mol. The number of carbonyl (C=O) groups excluding carboxylic acids is 1. The molecule has 0 saturated heterocycles. The van der Waals surface area contributed by atoms with E-state index in [1.165, 1.54) is 11.3 Å². The van der Waals surface area contributed by atoms with Gasteiger partial charge < -0.3 is 4.90 Å². The summed E-state index contributed by atoms with van der Waals surface area (Å²) >= 11 is 18.7. The molecule has 0 aliphatic carbocycles. The van der Waals surface area contributed by atoms with Gasteiger partial charge in [0.1, 0.15) is 4.34 Å². The minimum absolute atomic E-state index is 0.0905. The fourth-order valence-corrected chi connectivity index (χ4v) is 3.07. The van der Waals surface area contributed by atoms with Crippen LogP contribution in [-0.2, 0) is 0 Å². The summed E-state index contributed by atoms with van der Waals surface area (Å²) in [6.07, 6.45) is 1.99. The predicted molar refractivity (Wildman–Crippen MR) is 75.9 cm³/mol. The lowest BCUT2D eigenvalue weighted by Gasteiger charge is -2.21. The Balaban J connectivity index is 2.79. The van der Waals surface area contributed by atoms with Gasteiger partial charge in [0.05, 0.1) is 9.90 Å². The second-order valence-corrected chi connectivity index (χ2v) is 6.24. The first-order chi connectivity index (χ1) is 8.10. The SMILES string of the molecule is CCCCN(CCCl)C(=O)c1cc(Cl)sc1Cl. The Bertz CT molecular complexity index is 381. The van der Waals surface area contributed by atoms with E-state index in [1.54, 1.807) is 11.0 Å². The molecule has 0 bridgehead atoms. The van der Waals surface area contributed by atoms with Crippen molar-refractivity contribution < 1.29 is 4.79 Å². The molecule has 0 spiro atoms. The van der Waals surface area contributed by atoms with Crippen LogP contribution in [0.25, 0.3) is 0 Å². The van der Waals surface area contributed by atoms with E-state index in [1.807, 2.05) is 0 Å². The molecule has 96 valence electrons. The summed E-state index contributed by atoms with van der Waals surface area (Å²) in [7, 11) is 0. The number of halogens is 3. The van der Waals surface area contributed by atoms with Gasteiger partial charge in [-0.1, -0.05) is 36.5 Å². The molecule has 0 N–H and O–H groups in total. The molecule has 1 heterocycles. The van der Waals surface area contributed by atoms with Crippen LogP contribution in [0, 0.1) is 0 Å². The second kappa shape index (κ2) is 7.47. The molecule has 1 aromatic heterocycles. The van der Waals surface area contributed by atoms with E-state index in [9.17, 15) is 4.79 Å². The summed E-state index contributed by atoms with van der Waals surface area (Å²) in [4.78, 5) is 13.9. The van der Waals surface area contributed by atoms with Crippen molar-refractivity contribution in [1.29, 1.82) is 0 Å². The first-order valence-electron chi connectivity index (χ1n) is 5.40. The van der Waals surface area contributed by atoms with Crippen molar-refractivity contribution in [3.8, 4) is 0 Å². The van der Waals surface area contributed by atoms with Gasteiger partial charge >= 0.3 is 0 Å². The maximum Gasteiger partial charge on any atom is 0.256 e. The van der Waals surface area contributed by atoms with Crippen molar-refractivity contribution >= 4 is 52.0 Å². The first kappa shape index (κ1) is 15.1. The van der Waals surface area contributed by atoms with Crippen molar-refractivity contribution in [3.63, 3.8) is 0 Å². The number of thiophene rings is 1. The average Bonchev–Trinajstić information content (AvgIpc) is 2.63. The highest BCUT2D eigenvalue weighted by Gasteiger charge is 2.19. The fraction of sp³-hybridized carbons (Fsp3) is 0.545. The third-order valence-electron chi connectivity index (χ3n) is 2.31. The van der Waals surface area contributed by atoms with E-state index in [2.05, 4.69) is 6.92 Å². The van der Waals surface area contributed by atoms with Crippen molar-refractivity contribution in [1.82, 2.24) is 4.90 Å². The van der Waals surface area contributed by atoms with Gasteiger partial charge in [0.2, 0.25) is 0 Å². The molecule has 6 heteroatoms. The third kappa shape index (κ3) is 4.32. The number of unbranched alkanes of at least 4 members (excludes halogenated alkanes) is 1. The predicted octanol–water partition coefficient (Wildman–Crippen LogP) is 4.54. The van der Waals surface area contributed by atoms with Crippen LogP contribution in [0.2, 0.25) is 8.67 Å². The molecule has 0 unspecified atom stereocenters. The smallest absolute Gasteiger partial charge is 0.256 e. The Hall–Kier alpha value is 0.0400. The van der Waals surface area contributed by atoms with Crippen molar-refractivity contribution in [3.05, 3.63) is 20.3 Å². The number of carbonyl (C=O) groups is 1. The average molecular weight is 315 g/mol.